The molecule has 30 heavy (non-hydrogen) atoms. The Morgan fingerprint density at radius 1 is 1.10 bits per heavy atom. The lowest BCUT2D eigenvalue weighted by Gasteiger charge is -2.22. The topological polar surface area (TPSA) is 103 Å². The Hall–Kier alpha value is -2.97. The van der Waals surface area contributed by atoms with Crippen molar-refractivity contribution in [1.82, 2.24) is 4.72 Å². The minimum Gasteiger partial charge on any atom is -0.425 e. The number of fused-ring (bicyclic) bond motifs is 1. The second kappa shape index (κ2) is 8.81. The van der Waals surface area contributed by atoms with Crippen LogP contribution in [0.5, 0.6) is 5.75 Å². The van der Waals surface area contributed by atoms with Crippen molar-refractivity contribution >= 4 is 27.0 Å². The van der Waals surface area contributed by atoms with Crippen molar-refractivity contribution in [2.75, 3.05) is 0 Å². The van der Waals surface area contributed by atoms with E-state index in [1.54, 1.807) is 37.3 Å². The second-order valence-electron chi connectivity index (χ2n) is 7.17. The first kappa shape index (κ1) is 21.7. The van der Waals surface area contributed by atoms with Crippen LogP contribution in [-0.4, -0.2) is 20.4 Å². The van der Waals surface area contributed by atoms with Gasteiger partial charge in [-0.1, -0.05) is 38.0 Å². The molecule has 0 spiro atoms. The fourth-order valence-electron chi connectivity index (χ4n) is 2.87. The first-order chi connectivity index (χ1) is 14.2. The van der Waals surface area contributed by atoms with Gasteiger partial charge in [0, 0.05) is 17.5 Å². The van der Waals surface area contributed by atoms with Crippen LogP contribution in [0.15, 0.2) is 68.7 Å². The Bertz CT molecular complexity index is 1210. The number of sulfonamides is 1. The average molecular weight is 429 g/mol. The van der Waals surface area contributed by atoms with Crippen molar-refractivity contribution in [2.24, 2.45) is 5.92 Å². The van der Waals surface area contributed by atoms with Gasteiger partial charge in [0.1, 0.15) is 17.4 Å². The summed E-state index contributed by atoms with van der Waals surface area (Å²) in [6.45, 7) is 5.48. The Labute approximate surface area is 174 Å². The van der Waals surface area contributed by atoms with Gasteiger partial charge < -0.3 is 9.15 Å². The molecule has 0 aliphatic heterocycles. The molecule has 3 rings (SSSR count). The highest BCUT2D eigenvalue weighted by molar-refractivity contribution is 7.89. The molecule has 2 atom stereocenters. The number of aryl methyl sites for hydroxylation is 1. The largest absolute Gasteiger partial charge is 0.425 e. The molecule has 158 valence electrons. The van der Waals surface area contributed by atoms with E-state index in [2.05, 4.69) is 4.72 Å². The molecule has 0 radical (unpaired) electrons. The molecule has 0 unspecified atom stereocenters. The molecule has 0 bridgehead atoms. The molecule has 0 amide bonds. The molecule has 0 aliphatic carbocycles. The van der Waals surface area contributed by atoms with Gasteiger partial charge in [0.15, 0.2) is 0 Å². The summed E-state index contributed by atoms with van der Waals surface area (Å²) in [6.07, 6.45) is 0.558. The third-order valence-electron chi connectivity index (χ3n) is 4.89. The van der Waals surface area contributed by atoms with Crippen LogP contribution in [0.3, 0.4) is 0 Å². The van der Waals surface area contributed by atoms with Gasteiger partial charge in [-0.2, -0.15) is 4.72 Å². The van der Waals surface area contributed by atoms with Gasteiger partial charge in [-0.15, -0.1) is 0 Å². The molecular weight excluding hydrogens is 406 g/mol. The van der Waals surface area contributed by atoms with E-state index in [4.69, 9.17) is 9.15 Å². The van der Waals surface area contributed by atoms with E-state index < -0.39 is 27.7 Å². The smallest absolute Gasteiger partial charge is 0.336 e. The van der Waals surface area contributed by atoms with Gasteiger partial charge in [-0.3, -0.25) is 0 Å². The highest BCUT2D eigenvalue weighted by atomic mass is 32.2. The SMILES string of the molecule is CC[C@@H](C)[C@H](NS(=O)(=O)c1ccc(C)cc1)C(=O)Oc1ccc2ccc(=O)oc2c1. The third-order valence-corrected chi connectivity index (χ3v) is 6.35. The Kier molecular flexibility index (Phi) is 6.38. The highest BCUT2D eigenvalue weighted by Crippen LogP contribution is 2.22. The maximum absolute atomic E-state index is 12.8. The van der Waals surface area contributed by atoms with Crippen LogP contribution in [0, 0.1) is 12.8 Å². The maximum atomic E-state index is 12.8. The monoisotopic (exact) mass is 429 g/mol. The molecule has 1 N–H and O–H groups in total. The van der Waals surface area contributed by atoms with Crippen LogP contribution in [-0.2, 0) is 14.8 Å². The number of hydrogen-bond donors (Lipinski definition) is 1. The standard InChI is InChI=1S/C22H23NO6S/c1-4-15(3)21(23-30(26,27)18-10-5-14(2)6-11-18)22(25)28-17-9-7-16-8-12-20(24)29-19(16)13-17/h5-13,15,21,23H,4H2,1-3H3/t15-,21+/m1/s1. The van der Waals surface area contributed by atoms with Crippen LogP contribution in [0.4, 0.5) is 0 Å². The number of hydrogen-bond acceptors (Lipinski definition) is 6. The molecule has 0 saturated carbocycles. The van der Waals surface area contributed by atoms with Crippen molar-refractivity contribution in [3.8, 4) is 5.75 Å². The van der Waals surface area contributed by atoms with Crippen LogP contribution in [0.1, 0.15) is 25.8 Å². The normalized spacial score (nSPS) is 13.7. The summed E-state index contributed by atoms with van der Waals surface area (Å²) in [5.41, 5.74) is 0.678. The van der Waals surface area contributed by atoms with Gasteiger partial charge in [0.25, 0.3) is 0 Å². The predicted molar refractivity (Wildman–Crippen MR) is 113 cm³/mol. The number of carbonyl (C=O) groups is 1. The zero-order chi connectivity index (χ0) is 21.9. The molecular formula is C22H23NO6S. The Morgan fingerprint density at radius 2 is 1.77 bits per heavy atom. The molecule has 8 heteroatoms. The minimum absolute atomic E-state index is 0.0710. The van der Waals surface area contributed by atoms with Gasteiger partial charge in [0.05, 0.1) is 4.90 Å². The summed E-state index contributed by atoms with van der Waals surface area (Å²) in [7, 11) is -3.92. The van der Waals surface area contributed by atoms with Gasteiger partial charge in [0.2, 0.25) is 10.0 Å². The lowest BCUT2D eigenvalue weighted by Crippen LogP contribution is -2.46. The fourth-order valence-corrected chi connectivity index (χ4v) is 4.16. The van der Waals surface area contributed by atoms with Gasteiger partial charge in [-0.05, 0) is 43.2 Å². The van der Waals surface area contributed by atoms with E-state index in [1.165, 1.54) is 24.3 Å². The van der Waals surface area contributed by atoms with Crippen molar-refractivity contribution in [2.45, 2.75) is 38.1 Å². The highest BCUT2D eigenvalue weighted by Gasteiger charge is 2.31. The molecule has 0 fully saturated rings. The lowest BCUT2D eigenvalue weighted by molar-refractivity contribution is -0.137. The van der Waals surface area contributed by atoms with E-state index in [0.717, 1.165) is 5.56 Å². The Balaban J connectivity index is 1.85. The number of esters is 1. The molecule has 7 nitrogen and oxygen atoms in total. The van der Waals surface area contributed by atoms with E-state index >= 15 is 0 Å². The molecule has 3 aromatic rings. The van der Waals surface area contributed by atoms with Crippen LogP contribution in [0.25, 0.3) is 11.0 Å². The van der Waals surface area contributed by atoms with E-state index in [-0.39, 0.29) is 22.1 Å². The predicted octanol–water partition coefficient (Wildman–Crippen LogP) is 3.40. The Morgan fingerprint density at radius 3 is 2.43 bits per heavy atom. The molecule has 0 saturated heterocycles. The average Bonchev–Trinajstić information content (AvgIpc) is 2.71. The number of carbonyl (C=O) groups excluding carboxylic acids is 1. The molecule has 1 aromatic heterocycles. The van der Waals surface area contributed by atoms with Crippen molar-refractivity contribution in [3.05, 3.63) is 70.6 Å². The maximum Gasteiger partial charge on any atom is 0.336 e. The first-order valence-corrected chi connectivity index (χ1v) is 11.0. The third kappa shape index (κ3) is 4.95. The zero-order valence-electron chi connectivity index (χ0n) is 16.9. The summed E-state index contributed by atoms with van der Waals surface area (Å²) >= 11 is 0. The summed E-state index contributed by atoms with van der Waals surface area (Å²) in [4.78, 5) is 24.3. The van der Waals surface area contributed by atoms with E-state index in [1.807, 2.05) is 13.8 Å². The number of rotatable bonds is 7. The fraction of sp³-hybridized carbons (Fsp3) is 0.273. The van der Waals surface area contributed by atoms with Crippen LogP contribution >= 0.6 is 0 Å². The number of ether oxygens (including phenoxy) is 1. The summed E-state index contributed by atoms with van der Waals surface area (Å²) < 4.78 is 38.5. The zero-order valence-corrected chi connectivity index (χ0v) is 17.7. The quantitative estimate of drug-likeness (QED) is 0.351. The van der Waals surface area contributed by atoms with Crippen LogP contribution in [0.2, 0.25) is 0 Å². The molecule has 1 heterocycles. The van der Waals surface area contributed by atoms with Crippen molar-refractivity contribution < 1.29 is 22.4 Å². The van der Waals surface area contributed by atoms with Crippen LogP contribution < -0.4 is 15.1 Å². The van der Waals surface area contributed by atoms with E-state index in [9.17, 15) is 18.0 Å². The second-order valence-corrected chi connectivity index (χ2v) is 8.89. The van der Waals surface area contributed by atoms with Crippen molar-refractivity contribution in [1.29, 1.82) is 0 Å². The lowest BCUT2D eigenvalue weighted by atomic mass is 10.0. The van der Waals surface area contributed by atoms with E-state index in [0.29, 0.717) is 11.8 Å². The van der Waals surface area contributed by atoms with Gasteiger partial charge in [-0.25, -0.2) is 18.0 Å². The summed E-state index contributed by atoms with van der Waals surface area (Å²) in [5.74, 6) is -0.890. The molecule has 0 aliphatic rings. The summed E-state index contributed by atoms with van der Waals surface area (Å²) in [5, 5.41) is 0.674. The molecule has 2 aromatic carbocycles. The summed E-state index contributed by atoms with van der Waals surface area (Å²) in [6, 6.07) is 12.8. The van der Waals surface area contributed by atoms with Gasteiger partial charge >= 0.3 is 11.6 Å². The number of nitrogens with one attached hydrogen (secondary N) is 1. The minimum atomic E-state index is -3.92. The number of benzene rings is 2. The van der Waals surface area contributed by atoms with Crippen molar-refractivity contribution in [3.63, 3.8) is 0 Å². The first-order valence-electron chi connectivity index (χ1n) is 9.54.